The lowest BCUT2D eigenvalue weighted by atomic mass is 10.1. The summed E-state index contributed by atoms with van der Waals surface area (Å²) in [6.45, 7) is 1.70. The summed E-state index contributed by atoms with van der Waals surface area (Å²) < 4.78 is 1.20. The van der Waals surface area contributed by atoms with Crippen molar-refractivity contribution in [2.45, 2.75) is 6.92 Å². The zero-order valence-corrected chi connectivity index (χ0v) is 10.9. The molecule has 2 rings (SSSR count). The van der Waals surface area contributed by atoms with Gasteiger partial charge in [-0.3, -0.25) is 4.79 Å². The molecular formula is C12H12N2OS2. The van der Waals surface area contributed by atoms with Crippen molar-refractivity contribution in [2.75, 3.05) is 5.32 Å². The van der Waals surface area contributed by atoms with Crippen LogP contribution in [0, 0.1) is 5.92 Å². The highest BCUT2D eigenvalue weighted by atomic mass is 32.1. The minimum absolute atomic E-state index is 0.174. The summed E-state index contributed by atoms with van der Waals surface area (Å²) in [6, 6.07) is 7.83. The van der Waals surface area contributed by atoms with Crippen molar-refractivity contribution in [2.24, 2.45) is 11.7 Å². The second-order valence-corrected chi connectivity index (χ2v) is 5.21. The zero-order chi connectivity index (χ0) is 12.4. The molecular weight excluding hydrogens is 252 g/mol. The van der Waals surface area contributed by atoms with Gasteiger partial charge in [-0.25, -0.2) is 0 Å². The number of amides is 1. The second kappa shape index (κ2) is 4.81. The maximum atomic E-state index is 11.8. The molecule has 1 aromatic heterocycles. The SMILES string of the molecule is CC(C(=O)Nc1ccc2sccc2c1)C(N)=S. The quantitative estimate of drug-likeness (QED) is 0.838. The molecule has 2 aromatic rings. The van der Waals surface area contributed by atoms with E-state index in [9.17, 15) is 4.79 Å². The molecule has 3 nitrogen and oxygen atoms in total. The number of anilines is 1. The van der Waals surface area contributed by atoms with Gasteiger partial charge in [0.2, 0.25) is 5.91 Å². The highest BCUT2D eigenvalue weighted by Crippen LogP contribution is 2.24. The average Bonchev–Trinajstić information content (AvgIpc) is 2.74. The molecule has 1 amide bonds. The first-order chi connectivity index (χ1) is 8.08. The number of hydrogen-bond acceptors (Lipinski definition) is 3. The number of nitrogens with two attached hydrogens (primary N) is 1. The predicted octanol–water partition coefficient (Wildman–Crippen LogP) is 2.76. The number of fused-ring (bicyclic) bond motifs is 1. The standard InChI is InChI=1S/C12H12N2OS2/c1-7(11(13)16)12(15)14-9-2-3-10-8(6-9)4-5-17-10/h2-7H,1H3,(H2,13,16)(H,14,15). The van der Waals surface area contributed by atoms with Gasteiger partial charge in [0.1, 0.15) is 0 Å². The summed E-state index contributed by atoms with van der Waals surface area (Å²) in [5.41, 5.74) is 6.20. The molecule has 0 saturated carbocycles. The molecule has 88 valence electrons. The lowest BCUT2D eigenvalue weighted by Crippen LogP contribution is -2.30. The first-order valence-electron chi connectivity index (χ1n) is 5.15. The van der Waals surface area contributed by atoms with E-state index >= 15 is 0 Å². The first-order valence-corrected chi connectivity index (χ1v) is 6.44. The van der Waals surface area contributed by atoms with Crippen LogP contribution in [-0.4, -0.2) is 10.9 Å². The molecule has 17 heavy (non-hydrogen) atoms. The van der Waals surface area contributed by atoms with Crippen LogP contribution >= 0.6 is 23.6 Å². The Kier molecular flexibility index (Phi) is 3.40. The number of thiocarbonyl (C=S) groups is 1. The van der Waals surface area contributed by atoms with Crippen LogP contribution in [0.5, 0.6) is 0 Å². The van der Waals surface area contributed by atoms with Crippen molar-refractivity contribution in [1.29, 1.82) is 0 Å². The van der Waals surface area contributed by atoms with E-state index in [4.69, 9.17) is 18.0 Å². The summed E-state index contributed by atoms with van der Waals surface area (Å²) in [4.78, 5) is 12.0. The van der Waals surface area contributed by atoms with Crippen molar-refractivity contribution in [3.63, 3.8) is 0 Å². The number of thiophene rings is 1. The normalized spacial score (nSPS) is 12.3. The number of hydrogen-bond donors (Lipinski definition) is 2. The third-order valence-electron chi connectivity index (χ3n) is 2.54. The molecule has 5 heteroatoms. The van der Waals surface area contributed by atoms with Crippen molar-refractivity contribution in [3.8, 4) is 0 Å². The average molecular weight is 264 g/mol. The molecule has 1 aromatic carbocycles. The highest BCUT2D eigenvalue weighted by Gasteiger charge is 2.15. The summed E-state index contributed by atoms with van der Waals surface area (Å²) >= 11 is 6.47. The second-order valence-electron chi connectivity index (χ2n) is 3.79. The fraction of sp³-hybridized carbons (Fsp3) is 0.167. The van der Waals surface area contributed by atoms with E-state index in [2.05, 4.69) is 5.32 Å². The lowest BCUT2D eigenvalue weighted by Gasteiger charge is -2.10. The van der Waals surface area contributed by atoms with Crippen molar-refractivity contribution < 1.29 is 4.79 Å². The van der Waals surface area contributed by atoms with Crippen molar-refractivity contribution in [3.05, 3.63) is 29.6 Å². The molecule has 1 unspecified atom stereocenters. The molecule has 0 aliphatic carbocycles. The van der Waals surface area contributed by atoms with Gasteiger partial charge in [0, 0.05) is 10.4 Å². The van der Waals surface area contributed by atoms with Gasteiger partial charge < -0.3 is 11.1 Å². The Morgan fingerprint density at radius 1 is 1.47 bits per heavy atom. The Labute approximate surface area is 109 Å². The lowest BCUT2D eigenvalue weighted by molar-refractivity contribution is -0.117. The first kappa shape index (κ1) is 12.0. The summed E-state index contributed by atoms with van der Waals surface area (Å²) in [5.74, 6) is -0.629. The van der Waals surface area contributed by atoms with Crippen LogP contribution in [0.25, 0.3) is 10.1 Å². The van der Waals surface area contributed by atoms with E-state index in [1.807, 2.05) is 29.6 Å². The van der Waals surface area contributed by atoms with Gasteiger partial charge in [-0.05, 0) is 42.0 Å². The fourth-order valence-corrected chi connectivity index (χ4v) is 2.30. The fourth-order valence-electron chi connectivity index (χ4n) is 1.42. The van der Waals surface area contributed by atoms with Gasteiger partial charge in [0.05, 0.1) is 10.9 Å². The van der Waals surface area contributed by atoms with Gasteiger partial charge >= 0.3 is 0 Å². The molecule has 0 bridgehead atoms. The summed E-state index contributed by atoms with van der Waals surface area (Å²) in [7, 11) is 0. The Morgan fingerprint density at radius 3 is 2.94 bits per heavy atom. The summed E-state index contributed by atoms with van der Waals surface area (Å²) in [6.07, 6.45) is 0. The minimum atomic E-state index is -0.455. The third-order valence-corrected chi connectivity index (χ3v) is 3.79. The number of rotatable bonds is 3. The third kappa shape index (κ3) is 2.62. The molecule has 0 fully saturated rings. The van der Waals surface area contributed by atoms with Crippen LogP contribution in [-0.2, 0) is 4.79 Å². The zero-order valence-electron chi connectivity index (χ0n) is 9.27. The van der Waals surface area contributed by atoms with Crippen LogP contribution in [0.3, 0.4) is 0 Å². The van der Waals surface area contributed by atoms with Crippen LogP contribution in [0.15, 0.2) is 29.6 Å². The largest absolute Gasteiger partial charge is 0.393 e. The smallest absolute Gasteiger partial charge is 0.234 e. The Hall–Kier alpha value is -1.46. The van der Waals surface area contributed by atoms with Gasteiger partial charge in [-0.2, -0.15) is 0 Å². The van der Waals surface area contributed by atoms with Crippen molar-refractivity contribution in [1.82, 2.24) is 0 Å². The molecule has 3 N–H and O–H groups in total. The van der Waals surface area contributed by atoms with Crippen molar-refractivity contribution >= 4 is 50.2 Å². The Balaban J connectivity index is 2.18. The van der Waals surface area contributed by atoms with Crippen LogP contribution in [0.4, 0.5) is 5.69 Å². The molecule has 0 radical (unpaired) electrons. The van der Waals surface area contributed by atoms with E-state index < -0.39 is 5.92 Å². The maximum Gasteiger partial charge on any atom is 0.234 e. The van der Waals surface area contributed by atoms with E-state index in [-0.39, 0.29) is 10.9 Å². The Morgan fingerprint density at radius 2 is 2.24 bits per heavy atom. The molecule has 1 heterocycles. The molecule has 1 atom stereocenters. The molecule has 0 spiro atoms. The van der Waals surface area contributed by atoms with Crippen LogP contribution in [0.1, 0.15) is 6.92 Å². The van der Waals surface area contributed by atoms with Gasteiger partial charge in [-0.1, -0.05) is 12.2 Å². The van der Waals surface area contributed by atoms with E-state index in [1.165, 1.54) is 4.70 Å². The summed E-state index contributed by atoms with van der Waals surface area (Å²) in [5, 5.41) is 5.95. The molecule has 0 aliphatic rings. The van der Waals surface area contributed by atoms with Gasteiger partial charge in [0.15, 0.2) is 0 Å². The predicted molar refractivity (Wildman–Crippen MR) is 76.4 cm³/mol. The number of benzene rings is 1. The topological polar surface area (TPSA) is 55.1 Å². The van der Waals surface area contributed by atoms with E-state index in [0.717, 1.165) is 11.1 Å². The molecule has 0 aliphatic heterocycles. The van der Waals surface area contributed by atoms with Crippen LogP contribution in [0.2, 0.25) is 0 Å². The number of carbonyl (C=O) groups is 1. The van der Waals surface area contributed by atoms with Crippen LogP contribution < -0.4 is 11.1 Å². The van der Waals surface area contributed by atoms with Gasteiger partial charge in [0.25, 0.3) is 0 Å². The Bertz CT molecular complexity index is 577. The maximum absolute atomic E-state index is 11.8. The highest BCUT2D eigenvalue weighted by molar-refractivity contribution is 7.80. The monoisotopic (exact) mass is 264 g/mol. The molecule has 0 saturated heterocycles. The van der Waals surface area contributed by atoms with Gasteiger partial charge in [-0.15, -0.1) is 11.3 Å². The van der Waals surface area contributed by atoms with E-state index in [0.29, 0.717) is 0 Å². The van der Waals surface area contributed by atoms with E-state index in [1.54, 1.807) is 18.3 Å². The number of carbonyl (C=O) groups excluding carboxylic acids is 1. The minimum Gasteiger partial charge on any atom is -0.393 e. The number of nitrogens with one attached hydrogen (secondary N) is 1.